The first-order valence-corrected chi connectivity index (χ1v) is 10.1. The normalized spacial score (nSPS) is 14.7. The van der Waals surface area contributed by atoms with Crippen molar-refractivity contribution in [2.75, 3.05) is 12.3 Å². The molecule has 0 saturated heterocycles. The highest BCUT2D eigenvalue weighted by Crippen LogP contribution is 2.02. The molecule has 0 heterocycles. The zero-order chi connectivity index (χ0) is 23.3. The third-order valence-electron chi connectivity index (χ3n) is 4.17. The van der Waals surface area contributed by atoms with E-state index in [1.165, 1.54) is 6.92 Å². The van der Waals surface area contributed by atoms with Crippen LogP contribution in [-0.2, 0) is 24.0 Å². The molecule has 172 valence electrons. The Labute approximate surface area is 180 Å². The zero-order valence-electron chi connectivity index (χ0n) is 16.9. The highest BCUT2D eigenvalue weighted by molar-refractivity contribution is 7.80. The number of aliphatic carboxylic acids is 1. The third-order valence-corrected chi connectivity index (χ3v) is 4.53. The molecule has 0 rings (SSSR count). The van der Waals surface area contributed by atoms with Gasteiger partial charge in [0.25, 0.3) is 0 Å². The Bertz CT molecular complexity index is 620. The van der Waals surface area contributed by atoms with Crippen molar-refractivity contribution >= 4 is 42.2 Å². The molecule has 0 aromatic heterocycles. The van der Waals surface area contributed by atoms with E-state index in [0.717, 1.165) is 0 Å². The lowest BCUT2D eigenvalue weighted by molar-refractivity contribution is -0.142. The molecular formula is C17H32N6O6S. The average Bonchev–Trinajstić information content (AvgIpc) is 2.68. The summed E-state index contributed by atoms with van der Waals surface area (Å²) in [6.07, 6.45) is 1.29. The molecule has 4 amide bonds. The van der Waals surface area contributed by atoms with Crippen molar-refractivity contribution in [1.82, 2.24) is 16.0 Å². The molecular weight excluding hydrogens is 416 g/mol. The Hall–Kier alpha value is -2.38. The molecule has 0 spiro atoms. The topological polar surface area (TPSA) is 220 Å². The van der Waals surface area contributed by atoms with Crippen LogP contribution in [0.3, 0.4) is 0 Å². The summed E-state index contributed by atoms with van der Waals surface area (Å²) >= 11 is 4.01. The second-order valence-electron chi connectivity index (χ2n) is 6.77. The van der Waals surface area contributed by atoms with Crippen LogP contribution in [0.1, 0.15) is 39.0 Å². The molecule has 0 aromatic carbocycles. The van der Waals surface area contributed by atoms with Crippen molar-refractivity contribution in [3.05, 3.63) is 0 Å². The van der Waals surface area contributed by atoms with Crippen LogP contribution in [0, 0.1) is 0 Å². The van der Waals surface area contributed by atoms with Gasteiger partial charge in [-0.2, -0.15) is 12.6 Å². The average molecular weight is 449 g/mol. The number of hydrogen-bond donors (Lipinski definition) is 8. The van der Waals surface area contributed by atoms with Gasteiger partial charge in [0.2, 0.25) is 23.6 Å². The predicted molar refractivity (Wildman–Crippen MR) is 112 cm³/mol. The maximum Gasteiger partial charge on any atom is 0.326 e. The van der Waals surface area contributed by atoms with Gasteiger partial charge in [0.05, 0.1) is 6.04 Å². The largest absolute Gasteiger partial charge is 0.480 e. The van der Waals surface area contributed by atoms with Crippen molar-refractivity contribution in [2.24, 2.45) is 17.2 Å². The highest BCUT2D eigenvalue weighted by Gasteiger charge is 2.27. The van der Waals surface area contributed by atoms with Crippen molar-refractivity contribution < 1.29 is 29.1 Å². The van der Waals surface area contributed by atoms with E-state index in [2.05, 4.69) is 28.6 Å². The van der Waals surface area contributed by atoms with E-state index in [-0.39, 0.29) is 25.0 Å². The minimum atomic E-state index is -1.19. The fourth-order valence-corrected chi connectivity index (χ4v) is 2.59. The lowest BCUT2D eigenvalue weighted by Crippen LogP contribution is -2.56. The minimum absolute atomic E-state index is 0.0155. The molecule has 4 unspecified atom stereocenters. The zero-order valence-corrected chi connectivity index (χ0v) is 17.8. The minimum Gasteiger partial charge on any atom is -0.480 e. The summed E-state index contributed by atoms with van der Waals surface area (Å²) in [4.78, 5) is 58.7. The SMILES string of the molecule is CC(NC(=O)C(CS)NC(=O)C(N)CCC(N)=O)C(=O)NC(CCCCN)C(=O)O. The maximum atomic E-state index is 12.3. The van der Waals surface area contributed by atoms with Crippen LogP contribution in [0.25, 0.3) is 0 Å². The molecule has 0 aliphatic heterocycles. The first kappa shape index (κ1) is 27.6. The van der Waals surface area contributed by atoms with Gasteiger partial charge < -0.3 is 38.3 Å². The lowest BCUT2D eigenvalue weighted by atomic mass is 10.1. The van der Waals surface area contributed by atoms with Gasteiger partial charge in [-0.1, -0.05) is 0 Å². The fourth-order valence-electron chi connectivity index (χ4n) is 2.33. The van der Waals surface area contributed by atoms with E-state index in [9.17, 15) is 29.1 Å². The van der Waals surface area contributed by atoms with Crippen LogP contribution in [-0.4, -0.2) is 71.2 Å². The molecule has 0 radical (unpaired) electrons. The number of nitrogens with two attached hydrogens (primary N) is 3. The maximum absolute atomic E-state index is 12.3. The number of carbonyl (C=O) groups excluding carboxylic acids is 4. The highest BCUT2D eigenvalue weighted by atomic mass is 32.1. The van der Waals surface area contributed by atoms with Gasteiger partial charge in [0, 0.05) is 12.2 Å². The second-order valence-corrected chi connectivity index (χ2v) is 7.13. The van der Waals surface area contributed by atoms with E-state index in [0.29, 0.717) is 19.4 Å². The van der Waals surface area contributed by atoms with Crippen LogP contribution in [0.4, 0.5) is 0 Å². The van der Waals surface area contributed by atoms with Gasteiger partial charge in [-0.25, -0.2) is 4.79 Å². The number of hydrogen-bond acceptors (Lipinski definition) is 8. The summed E-state index contributed by atoms with van der Waals surface area (Å²) in [5.74, 6) is -3.93. The van der Waals surface area contributed by atoms with Crippen molar-refractivity contribution in [1.29, 1.82) is 0 Å². The molecule has 0 fully saturated rings. The number of carbonyl (C=O) groups is 5. The van der Waals surface area contributed by atoms with Gasteiger partial charge in [-0.15, -0.1) is 0 Å². The summed E-state index contributed by atoms with van der Waals surface area (Å²) in [7, 11) is 0. The van der Waals surface area contributed by atoms with Crippen molar-refractivity contribution in [3.8, 4) is 0 Å². The molecule has 10 N–H and O–H groups in total. The third kappa shape index (κ3) is 11.0. The van der Waals surface area contributed by atoms with Crippen LogP contribution in [0.5, 0.6) is 0 Å². The van der Waals surface area contributed by atoms with Gasteiger partial charge in [-0.3, -0.25) is 19.2 Å². The number of unbranched alkanes of at least 4 members (excludes halogenated alkanes) is 1. The van der Waals surface area contributed by atoms with Crippen LogP contribution in [0.15, 0.2) is 0 Å². The van der Waals surface area contributed by atoms with Crippen LogP contribution in [0.2, 0.25) is 0 Å². The van der Waals surface area contributed by atoms with E-state index in [1.54, 1.807) is 0 Å². The molecule has 0 aliphatic rings. The van der Waals surface area contributed by atoms with Crippen molar-refractivity contribution in [2.45, 2.75) is 63.2 Å². The summed E-state index contributed by atoms with van der Waals surface area (Å²) < 4.78 is 0. The Morgan fingerprint density at radius 2 is 1.53 bits per heavy atom. The first-order valence-electron chi connectivity index (χ1n) is 9.52. The number of rotatable bonds is 15. The Kier molecular flexibility index (Phi) is 13.4. The summed E-state index contributed by atoms with van der Waals surface area (Å²) in [6, 6.07) is -4.29. The van der Waals surface area contributed by atoms with Gasteiger partial charge in [0.1, 0.15) is 18.1 Å². The quantitative estimate of drug-likeness (QED) is 0.0963. The smallest absolute Gasteiger partial charge is 0.326 e. The van der Waals surface area contributed by atoms with Crippen LogP contribution < -0.4 is 33.2 Å². The van der Waals surface area contributed by atoms with Gasteiger partial charge in [-0.05, 0) is 39.2 Å². The first-order chi connectivity index (χ1) is 14.0. The summed E-state index contributed by atoms with van der Waals surface area (Å²) in [5.41, 5.74) is 16.0. The predicted octanol–water partition coefficient (Wildman–Crippen LogP) is -2.80. The molecule has 0 aliphatic carbocycles. The van der Waals surface area contributed by atoms with Crippen LogP contribution >= 0.6 is 12.6 Å². The van der Waals surface area contributed by atoms with Gasteiger partial charge in [0.15, 0.2) is 0 Å². The molecule has 0 saturated carbocycles. The Morgan fingerprint density at radius 3 is 2.03 bits per heavy atom. The molecule has 4 atom stereocenters. The number of amides is 4. The van der Waals surface area contributed by atoms with E-state index in [4.69, 9.17) is 17.2 Å². The second kappa shape index (κ2) is 14.6. The van der Waals surface area contributed by atoms with E-state index >= 15 is 0 Å². The molecule has 0 aromatic rings. The Balaban J connectivity index is 4.74. The number of carboxylic acid groups (broad SMARTS) is 1. The number of primary amides is 1. The van der Waals surface area contributed by atoms with E-state index in [1.807, 2.05) is 0 Å². The molecule has 12 nitrogen and oxygen atoms in total. The van der Waals surface area contributed by atoms with E-state index < -0.39 is 53.8 Å². The number of nitrogens with one attached hydrogen (secondary N) is 3. The molecule has 30 heavy (non-hydrogen) atoms. The monoisotopic (exact) mass is 448 g/mol. The molecule has 0 bridgehead atoms. The van der Waals surface area contributed by atoms with Gasteiger partial charge >= 0.3 is 5.97 Å². The molecule has 13 heteroatoms. The summed E-state index contributed by atoms with van der Waals surface area (Å²) in [5, 5.41) is 16.3. The van der Waals surface area contributed by atoms with Crippen molar-refractivity contribution in [3.63, 3.8) is 0 Å². The fraction of sp³-hybridized carbons (Fsp3) is 0.706. The lowest BCUT2D eigenvalue weighted by Gasteiger charge is -2.22. The Morgan fingerprint density at radius 1 is 0.933 bits per heavy atom. The number of thiol groups is 1. The standard InChI is InChI=1S/C17H32N6O6S/c1-9(14(25)22-11(17(28)29)4-2-3-7-18)21-16(27)12(8-30)23-15(26)10(19)5-6-13(20)24/h9-12,30H,2-8,18-19H2,1H3,(H2,20,24)(H,21,27)(H,22,25)(H,23,26)(H,28,29). The number of carboxylic acids is 1. The summed E-state index contributed by atoms with van der Waals surface area (Å²) in [6.45, 7) is 1.79.